The van der Waals surface area contributed by atoms with E-state index < -0.39 is 23.5 Å². The Hall–Kier alpha value is -4.47. The third-order valence-electron chi connectivity index (χ3n) is 6.35. The van der Waals surface area contributed by atoms with Crippen LogP contribution in [0.5, 0.6) is 5.75 Å². The van der Waals surface area contributed by atoms with Crippen LogP contribution < -0.4 is 9.64 Å². The van der Waals surface area contributed by atoms with Crippen molar-refractivity contribution in [3.63, 3.8) is 0 Å². The van der Waals surface area contributed by atoms with Gasteiger partial charge in [-0.1, -0.05) is 114 Å². The fourth-order valence-corrected chi connectivity index (χ4v) is 6.11. The zero-order valence-electron chi connectivity index (χ0n) is 22.3. The van der Waals surface area contributed by atoms with Crippen molar-refractivity contribution in [2.75, 3.05) is 11.5 Å². The van der Waals surface area contributed by atoms with E-state index in [1.165, 1.54) is 39.6 Å². The summed E-state index contributed by atoms with van der Waals surface area (Å²) in [4.78, 5) is 28.3. The molecule has 0 spiro atoms. The van der Waals surface area contributed by atoms with Crippen LogP contribution in [0.25, 0.3) is 6.08 Å². The summed E-state index contributed by atoms with van der Waals surface area (Å²) in [5.41, 5.74) is 3.75. The van der Waals surface area contributed by atoms with Gasteiger partial charge >= 0.3 is 0 Å². The van der Waals surface area contributed by atoms with Gasteiger partial charge in [0.2, 0.25) is 5.13 Å². The number of aromatic nitrogens is 2. The Morgan fingerprint density at radius 3 is 2.51 bits per heavy atom. The van der Waals surface area contributed by atoms with Crippen LogP contribution in [-0.2, 0) is 15.3 Å². The van der Waals surface area contributed by atoms with E-state index >= 15 is 0 Å². The van der Waals surface area contributed by atoms with Crippen molar-refractivity contribution >= 4 is 46.0 Å². The summed E-state index contributed by atoms with van der Waals surface area (Å²) in [6, 6.07) is 23.7. The Labute approximate surface area is 246 Å². The van der Waals surface area contributed by atoms with Crippen LogP contribution in [0.3, 0.4) is 0 Å². The van der Waals surface area contributed by atoms with E-state index in [2.05, 4.69) is 41.0 Å². The highest BCUT2D eigenvalue weighted by Gasteiger charge is 2.45. The van der Waals surface area contributed by atoms with Crippen LogP contribution in [0.15, 0.2) is 113 Å². The molecular formula is C32H27N3O4S2. The number of hydrogen-bond acceptors (Lipinski definition) is 8. The second-order valence-corrected chi connectivity index (χ2v) is 11.4. The van der Waals surface area contributed by atoms with Crippen LogP contribution in [0.1, 0.15) is 28.3 Å². The lowest BCUT2D eigenvalue weighted by Crippen LogP contribution is -2.30. The molecule has 1 amide bonds. The van der Waals surface area contributed by atoms with Gasteiger partial charge in [-0.15, -0.1) is 10.2 Å². The number of amides is 1. The number of aliphatic hydroxyl groups excluding tert-OH is 1. The fraction of sp³-hybridized carbons (Fsp3) is 0.125. The first-order valence-electron chi connectivity index (χ1n) is 12.8. The van der Waals surface area contributed by atoms with Crippen molar-refractivity contribution in [1.82, 2.24) is 10.2 Å². The van der Waals surface area contributed by atoms with Gasteiger partial charge in [-0.3, -0.25) is 14.5 Å². The van der Waals surface area contributed by atoms with Gasteiger partial charge in [0.1, 0.15) is 12.4 Å². The topological polar surface area (TPSA) is 92.6 Å². The summed E-state index contributed by atoms with van der Waals surface area (Å²) in [5, 5.41) is 19.8. The number of ether oxygens (including phenoxy) is 1. The van der Waals surface area contributed by atoms with Crippen molar-refractivity contribution in [2.24, 2.45) is 0 Å². The van der Waals surface area contributed by atoms with E-state index in [0.717, 1.165) is 11.1 Å². The maximum absolute atomic E-state index is 13.5. The molecule has 0 radical (unpaired) electrons. The SMILES string of the molecule is C=CCOc1ccc(C2C(C(=O)C=Cc3ccccc3)=C(O)C(=O)N2c2nnc(SCc3ccc(C)cc3)s2)cc1. The monoisotopic (exact) mass is 581 g/mol. The Bertz CT molecular complexity index is 1610. The molecule has 7 nitrogen and oxygen atoms in total. The van der Waals surface area contributed by atoms with Crippen molar-refractivity contribution in [2.45, 2.75) is 23.1 Å². The summed E-state index contributed by atoms with van der Waals surface area (Å²) in [6.45, 7) is 6.04. The summed E-state index contributed by atoms with van der Waals surface area (Å²) in [7, 11) is 0. The van der Waals surface area contributed by atoms with E-state index in [1.807, 2.05) is 37.3 Å². The lowest BCUT2D eigenvalue weighted by Gasteiger charge is -2.24. The van der Waals surface area contributed by atoms with Gasteiger partial charge < -0.3 is 9.84 Å². The lowest BCUT2D eigenvalue weighted by atomic mass is 9.95. The normalized spacial score (nSPS) is 15.1. The number of allylic oxidation sites excluding steroid dienone is 1. The van der Waals surface area contributed by atoms with Crippen molar-refractivity contribution in [3.05, 3.63) is 131 Å². The van der Waals surface area contributed by atoms with E-state index in [4.69, 9.17) is 4.74 Å². The molecule has 9 heteroatoms. The van der Waals surface area contributed by atoms with Gasteiger partial charge in [0.15, 0.2) is 15.9 Å². The molecule has 0 fully saturated rings. The second-order valence-electron chi connectivity index (χ2n) is 9.24. The summed E-state index contributed by atoms with van der Waals surface area (Å²) in [5.74, 6) is -0.480. The van der Waals surface area contributed by atoms with Gasteiger partial charge in [0, 0.05) is 5.75 Å². The van der Waals surface area contributed by atoms with Crippen LogP contribution in [0.4, 0.5) is 5.13 Å². The molecule has 41 heavy (non-hydrogen) atoms. The standard InChI is InChI=1S/C32H27N3O4S2/c1-3-19-39-25-16-14-24(15-17-25)28-27(26(36)18-13-22-7-5-4-6-8-22)29(37)30(38)35(28)31-33-34-32(41-31)40-20-23-11-9-21(2)10-12-23/h3-18,28,37H,1,19-20H2,2H3. The number of thioether (sulfide) groups is 1. The summed E-state index contributed by atoms with van der Waals surface area (Å²) in [6.07, 6.45) is 4.67. The number of anilines is 1. The first-order valence-corrected chi connectivity index (χ1v) is 14.6. The minimum Gasteiger partial charge on any atom is -0.503 e. The average molecular weight is 582 g/mol. The molecule has 1 aromatic heterocycles. The maximum Gasteiger partial charge on any atom is 0.296 e. The van der Waals surface area contributed by atoms with E-state index in [0.29, 0.717) is 33.1 Å². The largest absolute Gasteiger partial charge is 0.503 e. The second kappa shape index (κ2) is 12.8. The molecule has 1 N–H and O–H groups in total. The van der Waals surface area contributed by atoms with E-state index in [1.54, 1.807) is 36.4 Å². The molecule has 1 atom stereocenters. The first-order chi connectivity index (χ1) is 19.9. The Morgan fingerprint density at radius 1 is 1.07 bits per heavy atom. The first kappa shape index (κ1) is 28.1. The molecule has 0 saturated carbocycles. The minimum atomic E-state index is -0.897. The van der Waals surface area contributed by atoms with Crippen molar-refractivity contribution in [3.8, 4) is 5.75 Å². The molecule has 3 aromatic carbocycles. The van der Waals surface area contributed by atoms with Gasteiger partial charge in [0.05, 0.1) is 11.6 Å². The Balaban J connectivity index is 1.45. The number of carbonyl (C=O) groups excluding carboxylic acids is 2. The van der Waals surface area contributed by atoms with E-state index in [9.17, 15) is 14.7 Å². The van der Waals surface area contributed by atoms with Crippen LogP contribution in [0, 0.1) is 6.92 Å². The van der Waals surface area contributed by atoms with Crippen LogP contribution in [-0.4, -0.2) is 33.6 Å². The number of ketones is 1. The number of rotatable bonds is 11. The number of benzene rings is 3. The molecule has 206 valence electrons. The molecule has 1 aliphatic heterocycles. The summed E-state index contributed by atoms with van der Waals surface area (Å²) >= 11 is 2.75. The molecule has 0 saturated heterocycles. The number of aryl methyl sites for hydroxylation is 1. The zero-order chi connectivity index (χ0) is 28.8. The van der Waals surface area contributed by atoms with Crippen molar-refractivity contribution in [1.29, 1.82) is 0 Å². The molecule has 4 aromatic rings. The maximum atomic E-state index is 13.5. The van der Waals surface area contributed by atoms with Gasteiger partial charge in [0.25, 0.3) is 5.91 Å². The molecule has 0 bridgehead atoms. The van der Waals surface area contributed by atoms with E-state index in [-0.39, 0.29) is 5.57 Å². The predicted molar refractivity (Wildman–Crippen MR) is 163 cm³/mol. The minimum absolute atomic E-state index is 0.0222. The van der Waals surface area contributed by atoms with Crippen LogP contribution in [0.2, 0.25) is 0 Å². The zero-order valence-corrected chi connectivity index (χ0v) is 23.9. The fourth-order valence-electron chi connectivity index (χ4n) is 4.28. The Kier molecular flexibility index (Phi) is 8.76. The number of carbonyl (C=O) groups is 2. The third kappa shape index (κ3) is 6.48. The van der Waals surface area contributed by atoms with Gasteiger partial charge in [-0.05, 0) is 41.8 Å². The third-order valence-corrected chi connectivity index (χ3v) is 8.48. The highest BCUT2D eigenvalue weighted by atomic mass is 32.2. The predicted octanol–water partition coefficient (Wildman–Crippen LogP) is 6.89. The molecule has 1 aliphatic rings. The quantitative estimate of drug-likeness (QED) is 0.0893. The molecule has 0 aliphatic carbocycles. The Morgan fingerprint density at radius 2 is 1.80 bits per heavy atom. The number of nitrogens with zero attached hydrogens (tertiary/aromatic N) is 3. The number of aliphatic hydroxyl groups is 1. The summed E-state index contributed by atoms with van der Waals surface area (Å²) < 4.78 is 6.27. The average Bonchev–Trinajstić information content (AvgIpc) is 3.57. The number of hydrogen-bond donors (Lipinski definition) is 1. The van der Waals surface area contributed by atoms with Crippen LogP contribution >= 0.6 is 23.1 Å². The highest BCUT2D eigenvalue weighted by molar-refractivity contribution is 8.00. The molecule has 5 rings (SSSR count). The molecule has 1 unspecified atom stereocenters. The van der Waals surface area contributed by atoms with Crippen molar-refractivity contribution < 1.29 is 19.4 Å². The van der Waals surface area contributed by atoms with Gasteiger partial charge in [-0.25, -0.2) is 0 Å². The smallest absolute Gasteiger partial charge is 0.296 e. The molecule has 2 heterocycles. The molecular weight excluding hydrogens is 555 g/mol. The van der Waals surface area contributed by atoms with Gasteiger partial charge in [-0.2, -0.15) is 0 Å². The lowest BCUT2D eigenvalue weighted by molar-refractivity contribution is -0.117. The highest BCUT2D eigenvalue weighted by Crippen LogP contribution is 2.43.